The van der Waals surface area contributed by atoms with Crippen molar-refractivity contribution in [3.05, 3.63) is 0 Å². The topological polar surface area (TPSA) is 36.9 Å². The van der Waals surface area contributed by atoms with Crippen LogP contribution in [-0.2, 0) is 18.9 Å². The Hall–Kier alpha value is -0.160. The molecule has 0 aromatic carbocycles. The first-order valence-corrected chi connectivity index (χ1v) is 5.74. The lowest BCUT2D eigenvalue weighted by Gasteiger charge is -2.32. The second-order valence-electron chi connectivity index (χ2n) is 3.03. The summed E-state index contributed by atoms with van der Waals surface area (Å²) in [5.74, 6) is -1.02. The molecule has 0 unspecified atom stereocenters. The number of rotatable bonds is 10. The van der Waals surface area contributed by atoms with Crippen LogP contribution in [0.4, 0.5) is 0 Å². The molecule has 0 spiro atoms. The molecular formula is C11H24O4. The van der Waals surface area contributed by atoms with Gasteiger partial charge in [0.2, 0.25) is 0 Å². The molecule has 0 fully saturated rings. The predicted molar refractivity (Wildman–Crippen MR) is 58.7 cm³/mol. The van der Waals surface area contributed by atoms with Crippen LogP contribution in [0.15, 0.2) is 0 Å². The van der Waals surface area contributed by atoms with Gasteiger partial charge in [-0.05, 0) is 27.2 Å². The molecule has 92 valence electrons. The molecule has 0 aliphatic rings. The molecule has 0 aromatic rings. The van der Waals surface area contributed by atoms with Crippen molar-refractivity contribution < 1.29 is 18.9 Å². The van der Waals surface area contributed by atoms with E-state index in [-0.39, 0.29) is 0 Å². The molecule has 0 aliphatic carbocycles. The van der Waals surface area contributed by atoms with Gasteiger partial charge in [-0.2, -0.15) is 0 Å². The molecule has 0 saturated carbocycles. The van der Waals surface area contributed by atoms with E-state index in [9.17, 15) is 0 Å². The Labute approximate surface area is 92.8 Å². The monoisotopic (exact) mass is 220 g/mol. The maximum atomic E-state index is 5.59. The molecule has 0 N–H and O–H groups in total. The van der Waals surface area contributed by atoms with Crippen molar-refractivity contribution in [2.24, 2.45) is 0 Å². The van der Waals surface area contributed by atoms with Gasteiger partial charge in [-0.15, -0.1) is 0 Å². The highest BCUT2D eigenvalue weighted by atomic mass is 16.9. The van der Waals surface area contributed by atoms with Gasteiger partial charge in [-0.3, -0.25) is 0 Å². The molecule has 0 rings (SSSR count). The molecule has 0 radical (unpaired) electrons. The largest absolute Gasteiger partial charge is 0.373 e. The average Bonchev–Trinajstić information content (AvgIpc) is 2.24. The van der Waals surface area contributed by atoms with E-state index in [1.807, 2.05) is 27.7 Å². The van der Waals surface area contributed by atoms with Crippen LogP contribution in [0, 0.1) is 0 Å². The van der Waals surface area contributed by atoms with Gasteiger partial charge in [0, 0.05) is 19.8 Å². The zero-order valence-electron chi connectivity index (χ0n) is 10.4. The zero-order chi connectivity index (χ0) is 11.6. The molecule has 0 amide bonds. The SMILES string of the molecule is CCCOC(COCC)(OCC)OCC. The maximum absolute atomic E-state index is 5.59. The Morgan fingerprint density at radius 3 is 1.80 bits per heavy atom. The Kier molecular flexibility index (Phi) is 9.00. The number of hydrogen-bond acceptors (Lipinski definition) is 4. The fourth-order valence-corrected chi connectivity index (χ4v) is 1.17. The molecule has 0 saturated heterocycles. The van der Waals surface area contributed by atoms with E-state index in [2.05, 4.69) is 0 Å². The average molecular weight is 220 g/mol. The maximum Gasteiger partial charge on any atom is 0.307 e. The van der Waals surface area contributed by atoms with Gasteiger partial charge in [-0.1, -0.05) is 6.92 Å². The minimum Gasteiger partial charge on any atom is -0.373 e. The Morgan fingerprint density at radius 2 is 1.40 bits per heavy atom. The van der Waals surface area contributed by atoms with Crippen LogP contribution in [0.1, 0.15) is 34.1 Å². The van der Waals surface area contributed by atoms with Gasteiger partial charge < -0.3 is 18.9 Å². The lowest BCUT2D eigenvalue weighted by atomic mass is 10.5. The molecule has 0 aromatic heterocycles. The molecule has 4 nitrogen and oxygen atoms in total. The lowest BCUT2D eigenvalue weighted by molar-refractivity contribution is -0.392. The van der Waals surface area contributed by atoms with Crippen molar-refractivity contribution in [2.75, 3.05) is 33.0 Å². The minimum atomic E-state index is -1.02. The first-order valence-electron chi connectivity index (χ1n) is 5.74. The summed E-state index contributed by atoms with van der Waals surface area (Å²) in [5, 5.41) is 0. The van der Waals surface area contributed by atoms with Crippen LogP contribution in [0.5, 0.6) is 0 Å². The molecule has 0 aliphatic heterocycles. The van der Waals surface area contributed by atoms with Crippen LogP contribution >= 0.6 is 0 Å². The van der Waals surface area contributed by atoms with E-state index in [4.69, 9.17) is 18.9 Å². The summed E-state index contributed by atoms with van der Waals surface area (Å²) in [4.78, 5) is 0. The van der Waals surface area contributed by atoms with Crippen molar-refractivity contribution in [1.82, 2.24) is 0 Å². The van der Waals surface area contributed by atoms with Gasteiger partial charge in [0.15, 0.2) is 0 Å². The van der Waals surface area contributed by atoms with Crippen LogP contribution in [0.25, 0.3) is 0 Å². The number of ether oxygens (including phenoxy) is 4. The fourth-order valence-electron chi connectivity index (χ4n) is 1.17. The summed E-state index contributed by atoms with van der Waals surface area (Å²) >= 11 is 0. The summed E-state index contributed by atoms with van der Waals surface area (Å²) in [6.45, 7) is 10.4. The summed E-state index contributed by atoms with van der Waals surface area (Å²) in [6.07, 6.45) is 0.925. The van der Waals surface area contributed by atoms with E-state index in [0.717, 1.165) is 6.42 Å². The fraction of sp³-hybridized carbons (Fsp3) is 1.00. The van der Waals surface area contributed by atoms with Gasteiger partial charge in [0.25, 0.3) is 0 Å². The summed E-state index contributed by atoms with van der Waals surface area (Å²) in [5.41, 5.74) is 0. The smallest absolute Gasteiger partial charge is 0.307 e. The predicted octanol–water partition coefficient (Wildman–Crippen LogP) is 2.18. The molecule has 0 heterocycles. The van der Waals surface area contributed by atoms with Gasteiger partial charge in [0.1, 0.15) is 6.61 Å². The van der Waals surface area contributed by atoms with Crippen LogP contribution in [-0.4, -0.2) is 39.0 Å². The Morgan fingerprint density at radius 1 is 0.800 bits per heavy atom. The highest BCUT2D eigenvalue weighted by Crippen LogP contribution is 2.16. The van der Waals surface area contributed by atoms with Crippen molar-refractivity contribution in [3.63, 3.8) is 0 Å². The Balaban J connectivity index is 4.26. The van der Waals surface area contributed by atoms with Crippen LogP contribution in [0.3, 0.4) is 0 Å². The second-order valence-corrected chi connectivity index (χ2v) is 3.03. The Bertz CT molecular complexity index is 123. The van der Waals surface area contributed by atoms with Crippen LogP contribution in [0.2, 0.25) is 0 Å². The molecular weight excluding hydrogens is 196 g/mol. The summed E-state index contributed by atoms with van der Waals surface area (Å²) in [7, 11) is 0. The van der Waals surface area contributed by atoms with E-state index in [1.54, 1.807) is 0 Å². The highest BCUT2D eigenvalue weighted by Gasteiger charge is 2.33. The van der Waals surface area contributed by atoms with E-state index in [1.165, 1.54) is 0 Å². The molecule has 15 heavy (non-hydrogen) atoms. The first-order chi connectivity index (χ1) is 7.24. The molecule has 4 heteroatoms. The van der Waals surface area contributed by atoms with Crippen LogP contribution < -0.4 is 0 Å². The zero-order valence-corrected chi connectivity index (χ0v) is 10.4. The highest BCUT2D eigenvalue weighted by molar-refractivity contribution is 4.56. The second kappa shape index (κ2) is 9.09. The van der Waals surface area contributed by atoms with Crippen molar-refractivity contribution in [1.29, 1.82) is 0 Å². The van der Waals surface area contributed by atoms with Crippen molar-refractivity contribution in [2.45, 2.75) is 40.1 Å². The lowest BCUT2D eigenvalue weighted by Crippen LogP contribution is -2.44. The van der Waals surface area contributed by atoms with Crippen molar-refractivity contribution in [3.8, 4) is 0 Å². The summed E-state index contributed by atoms with van der Waals surface area (Å²) < 4.78 is 21.9. The standard InChI is InChI=1S/C11H24O4/c1-5-9-15-11(13-7-3,14-8-4)10-12-6-2/h5-10H2,1-4H3. The van der Waals surface area contributed by atoms with E-state index >= 15 is 0 Å². The normalized spacial score (nSPS) is 12.0. The van der Waals surface area contributed by atoms with Crippen molar-refractivity contribution >= 4 is 0 Å². The molecule has 0 bridgehead atoms. The quantitative estimate of drug-likeness (QED) is 0.529. The minimum absolute atomic E-state index is 0.311. The third-order valence-electron chi connectivity index (χ3n) is 1.74. The van der Waals surface area contributed by atoms with Gasteiger partial charge in [0.05, 0.1) is 6.61 Å². The summed E-state index contributed by atoms with van der Waals surface area (Å²) in [6, 6.07) is 0. The van der Waals surface area contributed by atoms with E-state index < -0.39 is 5.97 Å². The molecule has 0 atom stereocenters. The van der Waals surface area contributed by atoms with E-state index in [0.29, 0.717) is 33.0 Å². The third kappa shape index (κ3) is 6.10. The first kappa shape index (κ1) is 14.8. The van der Waals surface area contributed by atoms with Gasteiger partial charge in [-0.25, -0.2) is 0 Å². The third-order valence-corrected chi connectivity index (χ3v) is 1.74. The number of hydrogen-bond donors (Lipinski definition) is 0. The van der Waals surface area contributed by atoms with Gasteiger partial charge >= 0.3 is 5.97 Å².